The van der Waals surface area contributed by atoms with E-state index in [1.54, 1.807) is 39.8 Å². The zero-order valence-electron chi connectivity index (χ0n) is 19.1. The fourth-order valence-corrected chi connectivity index (χ4v) is 4.04. The number of ether oxygens (including phenoxy) is 1. The number of hydrogen-bond acceptors (Lipinski definition) is 6. The Kier molecular flexibility index (Phi) is 6.83. The summed E-state index contributed by atoms with van der Waals surface area (Å²) in [6.07, 6.45) is 1.31. The first kappa shape index (κ1) is 24.3. The van der Waals surface area contributed by atoms with E-state index in [1.165, 1.54) is 23.2 Å². The number of fused-ring (bicyclic) bond motifs is 1. The third-order valence-corrected chi connectivity index (χ3v) is 5.47. The molecular weight excluding hydrogens is 429 g/mol. The highest BCUT2D eigenvalue weighted by Gasteiger charge is 2.43. The van der Waals surface area contributed by atoms with Crippen LogP contribution < -0.4 is 5.73 Å². The highest BCUT2D eigenvalue weighted by atomic mass is 19.1. The van der Waals surface area contributed by atoms with Crippen molar-refractivity contribution in [1.82, 2.24) is 9.88 Å². The van der Waals surface area contributed by atoms with Crippen LogP contribution in [0.4, 0.5) is 4.39 Å². The molecule has 2 amide bonds. The van der Waals surface area contributed by atoms with Gasteiger partial charge >= 0.3 is 5.97 Å². The van der Waals surface area contributed by atoms with Crippen LogP contribution in [0.5, 0.6) is 0 Å². The van der Waals surface area contributed by atoms with Crippen LogP contribution in [0.1, 0.15) is 68.1 Å². The summed E-state index contributed by atoms with van der Waals surface area (Å²) in [5, 5.41) is 9.36. The van der Waals surface area contributed by atoms with Gasteiger partial charge in [-0.05, 0) is 63.9 Å². The van der Waals surface area contributed by atoms with Crippen LogP contribution in [-0.4, -0.2) is 44.4 Å². The molecule has 8 nitrogen and oxygen atoms in total. The van der Waals surface area contributed by atoms with Gasteiger partial charge in [0.1, 0.15) is 17.5 Å². The number of aliphatic hydroxyl groups excluding tert-OH is 1. The third-order valence-electron chi connectivity index (χ3n) is 5.47. The Hall–Kier alpha value is -3.33. The van der Waals surface area contributed by atoms with Crippen molar-refractivity contribution in [2.75, 3.05) is 0 Å². The number of nitrogens with two attached hydrogens (primary N) is 1. The molecule has 2 aromatic rings. The molecule has 0 radical (unpaired) electrons. The van der Waals surface area contributed by atoms with Crippen LogP contribution >= 0.6 is 0 Å². The van der Waals surface area contributed by atoms with Gasteiger partial charge in [0, 0.05) is 29.3 Å². The predicted octanol–water partition coefficient (Wildman–Crippen LogP) is 2.87. The van der Waals surface area contributed by atoms with Gasteiger partial charge in [-0.25, -0.2) is 4.39 Å². The van der Waals surface area contributed by atoms with E-state index >= 15 is 4.39 Å². The number of aromatic nitrogens is 1. The van der Waals surface area contributed by atoms with Crippen LogP contribution in [0, 0.1) is 5.82 Å². The standard InChI is InChI=1S/C24H28FN3O5/c1-13-20-16(6-5-15(21(20)25)17-11-14(12-29)9-10-27-17)23(32)28(13)18(22(26)31)7-8-19(30)33-24(2,3)4/h5-6,9-11,13,18,29H,7-8,12H2,1-4H3,(H2,26,31)/t13-,18?/m1/s1. The van der Waals surface area contributed by atoms with Gasteiger partial charge in [0.15, 0.2) is 0 Å². The first-order valence-corrected chi connectivity index (χ1v) is 10.7. The maximum atomic E-state index is 15.6. The number of benzene rings is 1. The molecule has 1 aliphatic rings. The minimum atomic E-state index is -1.11. The molecule has 176 valence electrons. The second kappa shape index (κ2) is 9.27. The summed E-state index contributed by atoms with van der Waals surface area (Å²) in [5.74, 6) is -2.47. The van der Waals surface area contributed by atoms with Crippen LogP contribution in [0.15, 0.2) is 30.5 Å². The molecular formula is C24H28FN3O5. The number of halogens is 1. The van der Waals surface area contributed by atoms with Gasteiger partial charge < -0.3 is 20.5 Å². The van der Waals surface area contributed by atoms with E-state index in [2.05, 4.69) is 4.98 Å². The molecule has 0 saturated heterocycles. The first-order chi connectivity index (χ1) is 15.4. The molecule has 3 N–H and O–H groups in total. The lowest BCUT2D eigenvalue weighted by Gasteiger charge is -2.30. The molecule has 0 saturated carbocycles. The fraction of sp³-hybridized carbons (Fsp3) is 0.417. The molecule has 0 aliphatic carbocycles. The monoisotopic (exact) mass is 457 g/mol. The molecule has 0 spiro atoms. The van der Waals surface area contributed by atoms with E-state index in [1.807, 2.05) is 0 Å². The number of amides is 2. The average molecular weight is 458 g/mol. The zero-order chi connectivity index (χ0) is 24.5. The van der Waals surface area contributed by atoms with Gasteiger partial charge in [-0.15, -0.1) is 0 Å². The van der Waals surface area contributed by atoms with E-state index < -0.39 is 41.3 Å². The molecule has 0 bridgehead atoms. The number of hydrogen-bond donors (Lipinski definition) is 2. The van der Waals surface area contributed by atoms with Crippen molar-refractivity contribution in [2.24, 2.45) is 5.73 Å². The molecule has 0 fully saturated rings. The molecule has 33 heavy (non-hydrogen) atoms. The molecule has 3 rings (SSSR count). The maximum Gasteiger partial charge on any atom is 0.306 e. The molecule has 2 heterocycles. The number of esters is 1. The number of aliphatic hydroxyl groups is 1. The van der Waals surface area contributed by atoms with Crippen molar-refractivity contribution in [3.05, 3.63) is 53.0 Å². The quantitative estimate of drug-likeness (QED) is 0.617. The number of primary amides is 1. The number of rotatable bonds is 7. The van der Waals surface area contributed by atoms with E-state index in [9.17, 15) is 19.5 Å². The molecule has 1 aromatic carbocycles. The van der Waals surface area contributed by atoms with Gasteiger partial charge in [-0.1, -0.05) is 0 Å². The van der Waals surface area contributed by atoms with Crippen molar-refractivity contribution in [2.45, 2.75) is 64.8 Å². The number of pyridine rings is 1. The second-order valence-electron chi connectivity index (χ2n) is 9.03. The van der Waals surface area contributed by atoms with Crippen LogP contribution in [0.3, 0.4) is 0 Å². The Labute approximate surface area is 191 Å². The minimum Gasteiger partial charge on any atom is -0.460 e. The number of carbonyl (C=O) groups is 3. The van der Waals surface area contributed by atoms with Crippen LogP contribution in [0.25, 0.3) is 11.3 Å². The van der Waals surface area contributed by atoms with Crippen molar-refractivity contribution < 1.29 is 28.6 Å². The summed E-state index contributed by atoms with van der Waals surface area (Å²) < 4.78 is 20.9. The summed E-state index contributed by atoms with van der Waals surface area (Å²) in [4.78, 5) is 42.9. The normalized spacial score (nSPS) is 16.5. The Morgan fingerprint density at radius 1 is 1.27 bits per heavy atom. The Morgan fingerprint density at radius 2 is 1.94 bits per heavy atom. The fourth-order valence-electron chi connectivity index (χ4n) is 4.04. The topological polar surface area (TPSA) is 123 Å². The van der Waals surface area contributed by atoms with Crippen molar-refractivity contribution in [3.8, 4) is 11.3 Å². The summed E-state index contributed by atoms with van der Waals surface area (Å²) in [5.41, 5.74) is 6.21. The van der Waals surface area contributed by atoms with Crippen LogP contribution in [0.2, 0.25) is 0 Å². The van der Waals surface area contributed by atoms with E-state index in [0.717, 1.165) is 0 Å². The van der Waals surface area contributed by atoms with E-state index in [-0.39, 0.29) is 36.1 Å². The van der Waals surface area contributed by atoms with Gasteiger partial charge in [0.25, 0.3) is 5.91 Å². The van der Waals surface area contributed by atoms with Gasteiger partial charge in [-0.2, -0.15) is 0 Å². The van der Waals surface area contributed by atoms with Gasteiger partial charge in [0.2, 0.25) is 5.91 Å². The largest absolute Gasteiger partial charge is 0.460 e. The lowest BCUT2D eigenvalue weighted by molar-refractivity contribution is -0.155. The highest BCUT2D eigenvalue weighted by Crippen LogP contribution is 2.40. The second-order valence-corrected chi connectivity index (χ2v) is 9.03. The van der Waals surface area contributed by atoms with Crippen molar-refractivity contribution >= 4 is 17.8 Å². The van der Waals surface area contributed by atoms with Gasteiger partial charge in [-0.3, -0.25) is 19.4 Å². The SMILES string of the molecule is C[C@@H]1c2c(ccc(-c3cc(CO)ccn3)c2F)C(=O)N1C(CCC(=O)OC(C)(C)C)C(N)=O. The van der Waals surface area contributed by atoms with E-state index in [4.69, 9.17) is 10.5 Å². The molecule has 9 heteroatoms. The molecule has 1 aromatic heterocycles. The number of nitrogens with zero attached hydrogens (tertiary/aromatic N) is 2. The molecule has 1 aliphatic heterocycles. The van der Waals surface area contributed by atoms with Gasteiger partial charge in [0.05, 0.1) is 18.3 Å². The number of carbonyl (C=O) groups excluding carboxylic acids is 3. The Balaban J connectivity index is 1.91. The summed E-state index contributed by atoms with van der Waals surface area (Å²) in [6, 6.07) is 4.23. The van der Waals surface area contributed by atoms with Crippen molar-refractivity contribution in [1.29, 1.82) is 0 Å². The maximum absolute atomic E-state index is 15.6. The van der Waals surface area contributed by atoms with E-state index in [0.29, 0.717) is 11.3 Å². The summed E-state index contributed by atoms with van der Waals surface area (Å²) in [6.45, 7) is 6.57. The summed E-state index contributed by atoms with van der Waals surface area (Å²) in [7, 11) is 0. The predicted molar refractivity (Wildman–Crippen MR) is 118 cm³/mol. The van der Waals surface area contributed by atoms with Crippen molar-refractivity contribution in [3.63, 3.8) is 0 Å². The molecule has 2 atom stereocenters. The average Bonchev–Trinajstić information content (AvgIpc) is 2.98. The smallest absolute Gasteiger partial charge is 0.306 e. The minimum absolute atomic E-state index is 0.0388. The highest BCUT2D eigenvalue weighted by molar-refractivity contribution is 6.02. The lowest BCUT2D eigenvalue weighted by atomic mass is 9.98. The Bertz CT molecular complexity index is 1100. The molecule has 1 unspecified atom stereocenters. The summed E-state index contributed by atoms with van der Waals surface area (Å²) >= 11 is 0. The lowest BCUT2D eigenvalue weighted by Crippen LogP contribution is -2.46. The Morgan fingerprint density at radius 3 is 2.55 bits per heavy atom. The zero-order valence-corrected chi connectivity index (χ0v) is 19.1. The van der Waals surface area contributed by atoms with Crippen LogP contribution in [-0.2, 0) is 20.9 Å². The first-order valence-electron chi connectivity index (χ1n) is 10.7. The third kappa shape index (κ3) is 5.03.